The van der Waals surface area contributed by atoms with Gasteiger partial charge in [-0.2, -0.15) is 13.2 Å². The third-order valence-electron chi connectivity index (χ3n) is 1.60. The summed E-state index contributed by atoms with van der Waals surface area (Å²) in [6, 6.07) is 3.29. The molecule has 0 saturated carbocycles. The van der Waals surface area contributed by atoms with Crippen molar-refractivity contribution in [3.63, 3.8) is 0 Å². The molecule has 0 fully saturated rings. The molecule has 82 valence electrons. The van der Waals surface area contributed by atoms with Crippen molar-refractivity contribution in [3.8, 4) is 0 Å². The van der Waals surface area contributed by atoms with Gasteiger partial charge in [0.15, 0.2) is 5.17 Å². The van der Waals surface area contributed by atoms with E-state index in [4.69, 9.17) is 16.8 Å². The van der Waals surface area contributed by atoms with E-state index in [1.807, 2.05) is 0 Å². The van der Waals surface area contributed by atoms with Crippen LogP contribution in [0.5, 0.6) is 0 Å². The largest absolute Gasteiger partial charge is 0.417 e. The molecular weight excluding hydrogens is 298 g/mol. The third-order valence-corrected chi connectivity index (χ3v) is 2.58. The number of hydrogen-bond acceptors (Lipinski definition) is 2. The highest BCUT2D eigenvalue weighted by Gasteiger charge is 2.33. The van der Waals surface area contributed by atoms with Crippen LogP contribution in [0.15, 0.2) is 27.8 Å². The van der Waals surface area contributed by atoms with Gasteiger partial charge in [-0.15, -0.1) is 0 Å². The lowest BCUT2D eigenvalue weighted by Gasteiger charge is -2.09. The summed E-state index contributed by atoms with van der Waals surface area (Å²) in [6.07, 6.45) is -4.48. The first kappa shape index (κ1) is 12.3. The fourth-order valence-electron chi connectivity index (χ4n) is 0.929. The van der Waals surface area contributed by atoms with E-state index in [1.54, 1.807) is 0 Å². The Kier molecular flexibility index (Phi) is 3.62. The highest BCUT2D eigenvalue weighted by Crippen LogP contribution is 2.35. The predicted octanol–water partition coefficient (Wildman–Crippen LogP) is 3.84. The van der Waals surface area contributed by atoms with E-state index >= 15 is 0 Å². The SMILES string of the molecule is O/N=C(/Cl)c1ccc(Br)c(C(F)(F)F)c1. The second-order valence-electron chi connectivity index (χ2n) is 2.58. The first-order valence-corrected chi connectivity index (χ1v) is 4.78. The Morgan fingerprint density at radius 2 is 2.00 bits per heavy atom. The van der Waals surface area contributed by atoms with Gasteiger partial charge in [0.1, 0.15) is 0 Å². The Hall–Kier alpha value is -0.750. The molecule has 1 N–H and O–H groups in total. The summed E-state index contributed by atoms with van der Waals surface area (Å²) < 4.78 is 37.2. The fourth-order valence-corrected chi connectivity index (χ4v) is 1.52. The average Bonchev–Trinajstić information content (AvgIpc) is 2.15. The van der Waals surface area contributed by atoms with Gasteiger partial charge in [-0.25, -0.2) is 0 Å². The minimum Gasteiger partial charge on any atom is -0.410 e. The van der Waals surface area contributed by atoms with Crippen molar-refractivity contribution in [2.45, 2.75) is 6.18 Å². The molecule has 0 radical (unpaired) electrons. The Morgan fingerprint density at radius 1 is 1.40 bits per heavy atom. The van der Waals surface area contributed by atoms with E-state index in [0.29, 0.717) is 0 Å². The maximum atomic E-state index is 12.4. The number of alkyl halides is 3. The minimum atomic E-state index is -4.48. The molecule has 0 aliphatic heterocycles. The fraction of sp³-hybridized carbons (Fsp3) is 0.125. The molecular formula is C8H4BrClF3NO. The zero-order valence-corrected chi connectivity index (χ0v) is 9.36. The van der Waals surface area contributed by atoms with Crippen molar-refractivity contribution in [2.24, 2.45) is 5.16 Å². The zero-order chi connectivity index (χ0) is 11.6. The summed E-state index contributed by atoms with van der Waals surface area (Å²) in [5.74, 6) is 0. The summed E-state index contributed by atoms with van der Waals surface area (Å²) >= 11 is 8.15. The molecule has 0 amide bonds. The van der Waals surface area contributed by atoms with Crippen LogP contribution in [-0.4, -0.2) is 10.4 Å². The van der Waals surface area contributed by atoms with Gasteiger partial charge in [0.25, 0.3) is 0 Å². The van der Waals surface area contributed by atoms with Crippen LogP contribution in [0.2, 0.25) is 0 Å². The quantitative estimate of drug-likeness (QED) is 0.477. The lowest BCUT2D eigenvalue weighted by molar-refractivity contribution is -0.138. The highest BCUT2D eigenvalue weighted by molar-refractivity contribution is 9.10. The van der Waals surface area contributed by atoms with Gasteiger partial charge in [0, 0.05) is 10.0 Å². The van der Waals surface area contributed by atoms with Crippen molar-refractivity contribution in [3.05, 3.63) is 33.8 Å². The van der Waals surface area contributed by atoms with Gasteiger partial charge in [-0.05, 0) is 12.1 Å². The van der Waals surface area contributed by atoms with Crippen LogP contribution in [0, 0.1) is 0 Å². The smallest absolute Gasteiger partial charge is 0.410 e. The minimum absolute atomic E-state index is 0.00492. The van der Waals surface area contributed by atoms with Crippen molar-refractivity contribution in [1.82, 2.24) is 0 Å². The van der Waals surface area contributed by atoms with Gasteiger partial charge < -0.3 is 5.21 Å². The number of rotatable bonds is 1. The Morgan fingerprint density at radius 3 is 2.47 bits per heavy atom. The molecule has 2 nitrogen and oxygen atoms in total. The van der Waals surface area contributed by atoms with Crippen molar-refractivity contribution in [2.75, 3.05) is 0 Å². The molecule has 0 aliphatic carbocycles. The number of nitrogens with zero attached hydrogens (tertiary/aromatic N) is 1. The summed E-state index contributed by atoms with van der Waals surface area (Å²) in [6.45, 7) is 0. The molecule has 1 aromatic carbocycles. The lowest BCUT2D eigenvalue weighted by atomic mass is 10.1. The summed E-state index contributed by atoms with van der Waals surface area (Å²) in [4.78, 5) is 0. The molecule has 0 atom stereocenters. The number of oxime groups is 1. The molecule has 0 heterocycles. The third kappa shape index (κ3) is 2.85. The van der Waals surface area contributed by atoms with Gasteiger partial charge in [-0.3, -0.25) is 0 Å². The van der Waals surface area contributed by atoms with Crippen LogP contribution in [0.1, 0.15) is 11.1 Å². The van der Waals surface area contributed by atoms with E-state index < -0.39 is 16.9 Å². The van der Waals surface area contributed by atoms with E-state index in [2.05, 4.69) is 21.1 Å². The molecule has 1 aromatic rings. The first-order valence-electron chi connectivity index (χ1n) is 3.61. The highest BCUT2D eigenvalue weighted by atomic mass is 79.9. The van der Waals surface area contributed by atoms with E-state index in [1.165, 1.54) is 12.1 Å². The number of benzene rings is 1. The van der Waals surface area contributed by atoms with Crippen LogP contribution in [0.25, 0.3) is 0 Å². The van der Waals surface area contributed by atoms with Gasteiger partial charge in [-0.1, -0.05) is 38.8 Å². The predicted molar refractivity (Wildman–Crippen MR) is 53.3 cm³/mol. The summed E-state index contributed by atoms with van der Waals surface area (Å²) in [5, 5.41) is 10.5. The molecule has 0 saturated heterocycles. The van der Waals surface area contributed by atoms with Gasteiger partial charge in [0.05, 0.1) is 5.56 Å². The lowest BCUT2D eigenvalue weighted by Crippen LogP contribution is -2.07. The van der Waals surface area contributed by atoms with Crippen LogP contribution < -0.4 is 0 Å². The standard InChI is InChI=1S/C8H4BrClF3NO/c9-6-2-1-4(7(10)14-15)3-5(6)8(11,12)13/h1-3,15H/b14-7+. The molecule has 0 aromatic heterocycles. The number of hydrogen-bond donors (Lipinski definition) is 1. The first-order chi connectivity index (χ1) is 6.86. The van der Waals surface area contributed by atoms with Gasteiger partial charge >= 0.3 is 6.18 Å². The molecule has 7 heteroatoms. The van der Waals surface area contributed by atoms with Crippen molar-refractivity contribution >= 4 is 32.7 Å². The summed E-state index contributed by atoms with van der Waals surface area (Å²) in [5.41, 5.74) is -0.878. The van der Waals surface area contributed by atoms with Crippen LogP contribution >= 0.6 is 27.5 Å². The topological polar surface area (TPSA) is 32.6 Å². The number of halogens is 5. The summed E-state index contributed by atoms with van der Waals surface area (Å²) in [7, 11) is 0. The van der Waals surface area contributed by atoms with E-state index in [-0.39, 0.29) is 10.0 Å². The average molecular weight is 302 g/mol. The van der Waals surface area contributed by atoms with Crippen LogP contribution in [0.3, 0.4) is 0 Å². The Bertz CT molecular complexity index is 405. The maximum Gasteiger partial charge on any atom is 0.417 e. The van der Waals surface area contributed by atoms with Crippen molar-refractivity contribution in [1.29, 1.82) is 0 Å². The Labute approximate surface area is 96.5 Å². The second-order valence-corrected chi connectivity index (χ2v) is 3.80. The molecule has 0 unspecified atom stereocenters. The van der Waals surface area contributed by atoms with Crippen LogP contribution in [-0.2, 0) is 6.18 Å². The molecule has 1 rings (SSSR count). The molecule has 0 aliphatic rings. The second kappa shape index (κ2) is 4.40. The van der Waals surface area contributed by atoms with Crippen molar-refractivity contribution < 1.29 is 18.4 Å². The normalized spacial score (nSPS) is 13.0. The monoisotopic (exact) mass is 301 g/mol. The van der Waals surface area contributed by atoms with E-state index in [9.17, 15) is 13.2 Å². The maximum absolute atomic E-state index is 12.4. The molecule has 15 heavy (non-hydrogen) atoms. The molecule has 0 spiro atoms. The zero-order valence-electron chi connectivity index (χ0n) is 7.02. The Balaban J connectivity index is 3.29. The molecule has 0 bridgehead atoms. The van der Waals surface area contributed by atoms with Crippen LogP contribution in [0.4, 0.5) is 13.2 Å². The van der Waals surface area contributed by atoms with Gasteiger partial charge in [0.2, 0.25) is 0 Å². The van der Waals surface area contributed by atoms with E-state index in [0.717, 1.165) is 6.07 Å².